The van der Waals surface area contributed by atoms with Crippen molar-refractivity contribution in [2.75, 3.05) is 11.9 Å². The van der Waals surface area contributed by atoms with Crippen LogP contribution < -0.4 is 15.8 Å². The van der Waals surface area contributed by atoms with Gasteiger partial charge in [-0.1, -0.05) is 30.3 Å². The lowest BCUT2D eigenvalue weighted by molar-refractivity contribution is -0.118. The van der Waals surface area contributed by atoms with E-state index >= 15 is 0 Å². The van der Waals surface area contributed by atoms with E-state index in [1.807, 2.05) is 30.3 Å². The summed E-state index contributed by atoms with van der Waals surface area (Å²) in [6.45, 7) is 0.632. The summed E-state index contributed by atoms with van der Waals surface area (Å²) in [5.41, 5.74) is 9.85. The van der Waals surface area contributed by atoms with E-state index in [1.165, 1.54) is 5.56 Å². The molecule has 1 aliphatic rings. The molecule has 0 atom stereocenters. The van der Waals surface area contributed by atoms with Gasteiger partial charge in [-0.3, -0.25) is 4.79 Å². The molecule has 0 bridgehead atoms. The van der Waals surface area contributed by atoms with Crippen LogP contribution in [0.2, 0.25) is 0 Å². The number of carbonyl (C=O) groups excluding carboxylic acids is 1. The van der Waals surface area contributed by atoms with Crippen molar-refractivity contribution in [3.8, 4) is 5.75 Å². The molecule has 0 fully saturated rings. The zero-order valence-electron chi connectivity index (χ0n) is 11.1. The minimum Gasteiger partial charge on any atom is -0.482 e. The first-order chi connectivity index (χ1) is 9.74. The number of hydrogen-bond donors (Lipinski definition) is 2. The first kappa shape index (κ1) is 12.7. The molecule has 102 valence electrons. The zero-order chi connectivity index (χ0) is 13.9. The normalized spacial score (nSPS) is 13.3. The number of hydrogen-bond acceptors (Lipinski definition) is 3. The van der Waals surface area contributed by atoms with Crippen molar-refractivity contribution in [2.24, 2.45) is 5.73 Å². The van der Waals surface area contributed by atoms with E-state index < -0.39 is 0 Å². The lowest BCUT2D eigenvalue weighted by Gasteiger charge is -2.18. The molecule has 0 saturated heterocycles. The second-order valence-electron chi connectivity index (χ2n) is 4.87. The molecule has 0 aliphatic carbocycles. The van der Waals surface area contributed by atoms with Crippen molar-refractivity contribution in [3.63, 3.8) is 0 Å². The summed E-state index contributed by atoms with van der Waals surface area (Å²) in [6.07, 6.45) is 0.803. The van der Waals surface area contributed by atoms with E-state index in [0.29, 0.717) is 6.54 Å². The van der Waals surface area contributed by atoms with Gasteiger partial charge in [0.2, 0.25) is 0 Å². The highest BCUT2D eigenvalue weighted by molar-refractivity contribution is 5.95. The summed E-state index contributed by atoms with van der Waals surface area (Å²) < 4.78 is 5.35. The summed E-state index contributed by atoms with van der Waals surface area (Å²) in [6, 6.07) is 14.1. The Morgan fingerprint density at radius 1 is 1.10 bits per heavy atom. The number of fused-ring (bicyclic) bond motifs is 1. The summed E-state index contributed by atoms with van der Waals surface area (Å²) in [4.78, 5) is 11.3. The second kappa shape index (κ2) is 5.35. The Balaban J connectivity index is 1.84. The highest BCUT2D eigenvalue weighted by atomic mass is 16.5. The fraction of sp³-hybridized carbons (Fsp3) is 0.188. The Kier molecular flexibility index (Phi) is 3.39. The van der Waals surface area contributed by atoms with Crippen molar-refractivity contribution >= 4 is 11.6 Å². The van der Waals surface area contributed by atoms with E-state index in [-0.39, 0.29) is 12.5 Å². The van der Waals surface area contributed by atoms with Crippen molar-refractivity contribution in [3.05, 3.63) is 59.2 Å². The minimum atomic E-state index is -0.111. The first-order valence-corrected chi connectivity index (χ1v) is 6.58. The Morgan fingerprint density at radius 3 is 2.75 bits per heavy atom. The number of nitrogens with one attached hydrogen (secondary N) is 1. The first-order valence-electron chi connectivity index (χ1n) is 6.58. The number of anilines is 1. The Hall–Kier alpha value is -2.33. The fourth-order valence-electron chi connectivity index (χ4n) is 2.34. The van der Waals surface area contributed by atoms with E-state index in [0.717, 1.165) is 29.0 Å². The number of nitrogens with two attached hydrogens (primary N) is 1. The molecule has 4 heteroatoms. The van der Waals surface area contributed by atoms with Crippen LogP contribution in [-0.2, 0) is 17.8 Å². The van der Waals surface area contributed by atoms with Gasteiger partial charge in [-0.05, 0) is 35.2 Å². The highest BCUT2D eigenvalue weighted by Gasteiger charge is 2.15. The molecule has 2 aromatic rings. The number of ether oxygens (including phenoxy) is 1. The van der Waals surface area contributed by atoms with Gasteiger partial charge in [-0.25, -0.2) is 0 Å². The molecule has 0 saturated carbocycles. The molecule has 20 heavy (non-hydrogen) atoms. The van der Waals surface area contributed by atoms with Crippen LogP contribution in [0.3, 0.4) is 0 Å². The molecule has 1 heterocycles. The SMILES string of the molecule is NCc1cccc(Cc2ccc3c(c2)NC(=O)CO3)c1. The predicted molar refractivity (Wildman–Crippen MR) is 77.7 cm³/mol. The summed E-state index contributed by atoms with van der Waals surface area (Å²) >= 11 is 0. The van der Waals surface area contributed by atoms with E-state index in [4.69, 9.17) is 10.5 Å². The third kappa shape index (κ3) is 2.65. The third-order valence-corrected chi connectivity index (χ3v) is 3.31. The third-order valence-electron chi connectivity index (χ3n) is 3.31. The van der Waals surface area contributed by atoms with Crippen molar-refractivity contribution in [2.45, 2.75) is 13.0 Å². The van der Waals surface area contributed by atoms with Gasteiger partial charge in [0, 0.05) is 6.54 Å². The van der Waals surface area contributed by atoms with Gasteiger partial charge < -0.3 is 15.8 Å². The maximum Gasteiger partial charge on any atom is 0.262 e. The molecule has 3 N–H and O–H groups in total. The molecular weight excluding hydrogens is 252 g/mol. The molecule has 0 spiro atoms. The summed E-state index contributed by atoms with van der Waals surface area (Å²) in [7, 11) is 0. The fourth-order valence-corrected chi connectivity index (χ4v) is 2.34. The molecule has 1 amide bonds. The van der Waals surface area contributed by atoms with E-state index in [9.17, 15) is 4.79 Å². The van der Waals surface area contributed by atoms with Crippen LogP contribution in [0.5, 0.6) is 5.75 Å². The van der Waals surface area contributed by atoms with Crippen LogP contribution in [0.4, 0.5) is 5.69 Å². The van der Waals surface area contributed by atoms with Crippen molar-refractivity contribution in [1.82, 2.24) is 0 Å². The van der Waals surface area contributed by atoms with Gasteiger partial charge in [0.25, 0.3) is 5.91 Å². The van der Waals surface area contributed by atoms with Gasteiger partial charge in [-0.15, -0.1) is 0 Å². The lowest BCUT2D eigenvalue weighted by atomic mass is 10.0. The minimum absolute atomic E-state index is 0.0882. The van der Waals surface area contributed by atoms with Gasteiger partial charge in [0.15, 0.2) is 6.61 Å². The zero-order valence-corrected chi connectivity index (χ0v) is 11.1. The van der Waals surface area contributed by atoms with Crippen LogP contribution in [0.15, 0.2) is 42.5 Å². The average Bonchev–Trinajstić information content (AvgIpc) is 2.47. The molecule has 0 aromatic heterocycles. The van der Waals surface area contributed by atoms with Gasteiger partial charge in [-0.2, -0.15) is 0 Å². The molecular formula is C16H16N2O2. The number of rotatable bonds is 3. The lowest BCUT2D eigenvalue weighted by Crippen LogP contribution is -2.25. The van der Waals surface area contributed by atoms with Crippen LogP contribution in [-0.4, -0.2) is 12.5 Å². The second-order valence-corrected chi connectivity index (χ2v) is 4.87. The van der Waals surface area contributed by atoms with Crippen molar-refractivity contribution in [1.29, 1.82) is 0 Å². The van der Waals surface area contributed by atoms with Crippen LogP contribution in [0, 0.1) is 0 Å². The molecule has 1 aliphatic heterocycles. The summed E-state index contributed by atoms with van der Waals surface area (Å²) in [5, 5.41) is 2.82. The Labute approximate surface area is 117 Å². The molecule has 4 nitrogen and oxygen atoms in total. The average molecular weight is 268 g/mol. The van der Waals surface area contributed by atoms with E-state index in [1.54, 1.807) is 0 Å². The predicted octanol–water partition coefficient (Wildman–Crippen LogP) is 2.07. The number of benzene rings is 2. The van der Waals surface area contributed by atoms with Crippen LogP contribution >= 0.6 is 0 Å². The van der Waals surface area contributed by atoms with Crippen LogP contribution in [0.25, 0.3) is 0 Å². The van der Waals surface area contributed by atoms with Crippen molar-refractivity contribution < 1.29 is 9.53 Å². The monoisotopic (exact) mass is 268 g/mol. The topological polar surface area (TPSA) is 64.3 Å². The maximum absolute atomic E-state index is 11.3. The Morgan fingerprint density at radius 2 is 1.90 bits per heavy atom. The molecule has 2 aromatic carbocycles. The van der Waals surface area contributed by atoms with E-state index in [2.05, 4.69) is 17.4 Å². The molecule has 0 radical (unpaired) electrons. The maximum atomic E-state index is 11.3. The molecule has 3 rings (SSSR count). The number of amides is 1. The van der Waals surface area contributed by atoms with Crippen LogP contribution in [0.1, 0.15) is 16.7 Å². The quantitative estimate of drug-likeness (QED) is 0.895. The molecule has 0 unspecified atom stereocenters. The standard InChI is InChI=1S/C16H16N2O2/c17-9-13-3-1-2-11(7-13)6-12-4-5-15-14(8-12)18-16(19)10-20-15/h1-5,7-8H,6,9-10,17H2,(H,18,19). The highest BCUT2D eigenvalue weighted by Crippen LogP contribution is 2.29. The Bertz CT molecular complexity index is 653. The number of carbonyl (C=O) groups is 1. The van der Waals surface area contributed by atoms with Gasteiger partial charge >= 0.3 is 0 Å². The van der Waals surface area contributed by atoms with Gasteiger partial charge in [0.1, 0.15) is 5.75 Å². The largest absolute Gasteiger partial charge is 0.482 e. The smallest absolute Gasteiger partial charge is 0.262 e. The van der Waals surface area contributed by atoms with Gasteiger partial charge in [0.05, 0.1) is 5.69 Å². The summed E-state index contributed by atoms with van der Waals surface area (Å²) in [5.74, 6) is 0.615.